The highest BCUT2D eigenvalue weighted by Gasteiger charge is 2.25. The highest BCUT2D eigenvalue weighted by atomic mass is 16.5. The largest absolute Gasteiger partial charge is 0.493 e. The molecule has 154 valence electrons. The molecule has 0 spiro atoms. The van der Waals surface area contributed by atoms with Crippen LogP contribution in [0, 0.1) is 18.3 Å². The van der Waals surface area contributed by atoms with E-state index in [1.54, 1.807) is 0 Å². The van der Waals surface area contributed by atoms with Crippen molar-refractivity contribution in [3.05, 3.63) is 83.6 Å². The number of rotatable bonds is 2. The maximum absolute atomic E-state index is 9.95. The first-order chi connectivity index (χ1) is 15.7. The molecule has 5 aromatic rings. The van der Waals surface area contributed by atoms with Crippen LogP contribution < -0.4 is 9.30 Å². The van der Waals surface area contributed by atoms with Gasteiger partial charge in [0.2, 0.25) is 5.69 Å². The second-order valence-electron chi connectivity index (χ2n) is 8.29. The van der Waals surface area contributed by atoms with E-state index in [9.17, 15) is 5.26 Å². The fourth-order valence-corrected chi connectivity index (χ4v) is 4.92. The number of pyridine rings is 1. The maximum Gasteiger partial charge on any atom is 0.216 e. The second-order valence-corrected chi connectivity index (χ2v) is 8.29. The van der Waals surface area contributed by atoms with E-state index in [4.69, 9.17) is 9.15 Å². The van der Waals surface area contributed by atoms with Crippen LogP contribution in [0.1, 0.15) is 16.7 Å². The van der Waals surface area contributed by atoms with Gasteiger partial charge in [-0.15, -0.1) is 0 Å². The molecule has 0 N–H and O–H groups in total. The molecule has 0 bridgehead atoms. The van der Waals surface area contributed by atoms with Gasteiger partial charge in [-0.3, -0.25) is 0 Å². The Morgan fingerprint density at radius 3 is 2.53 bits per heavy atom. The Hall–Kier alpha value is -4.10. The SMILES string of the molecule is Cc1ccc2c(oc3c(-c4cccc5c4CCO5)c(C#N)ccc32)c1-c1cccc[n+]1C. The lowest BCUT2D eigenvalue weighted by Crippen LogP contribution is -2.30. The van der Waals surface area contributed by atoms with E-state index in [0.29, 0.717) is 12.2 Å². The Labute approximate surface area is 185 Å². The highest BCUT2D eigenvalue weighted by Crippen LogP contribution is 2.44. The molecular weight excluding hydrogens is 396 g/mol. The van der Waals surface area contributed by atoms with Crippen LogP contribution in [-0.4, -0.2) is 6.61 Å². The summed E-state index contributed by atoms with van der Waals surface area (Å²) in [6, 6.07) is 22.8. The van der Waals surface area contributed by atoms with E-state index in [1.165, 1.54) is 0 Å². The molecule has 0 saturated carbocycles. The molecule has 3 heterocycles. The zero-order valence-electron chi connectivity index (χ0n) is 18.0. The molecular formula is C28H21N2O2+. The summed E-state index contributed by atoms with van der Waals surface area (Å²) in [7, 11) is 2.04. The lowest BCUT2D eigenvalue weighted by Gasteiger charge is -2.09. The summed E-state index contributed by atoms with van der Waals surface area (Å²) in [5.74, 6) is 0.896. The van der Waals surface area contributed by atoms with Crippen molar-refractivity contribution in [3.8, 4) is 34.2 Å². The lowest BCUT2D eigenvalue weighted by atomic mass is 9.92. The number of aromatic nitrogens is 1. The molecule has 4 nitrogen and oxygen atoms in total. The molecule has 0 fully saturated rings. The Kier molecular flexibility index (Phi) is 4.06. The van der Waals surface area contributed by atoms with Gasteiger partial charge in [-0.2, -0.15) is 5.26 Å². The first-order valence-electron chi connectivity index (χ1n) is 10.8. The molecule has 4 heteroatoms. The van der Waals surface area contributed by atoms with Crippen LogP contribution in [0.2, 0.25) is 0 Å². The molecule has 0 unspecified atom stereocenters. The normalized spacial score (nSPS) is 12.7. The van der Waals surface area contributed by atoms with Crippen LogP contribution in [-0.2, 0) is 13.5 Å². The van der Waals surface area contributed by atoms with Crippen molar-refractivity contribution < 1.29 is 13.7 Å². The number of hydrogen-bond donors (Lipinski definition) is 0. The third-order valence-electron chi connectivity index (χ3n) is 6.46. The molecule has 1 aliphatic rings. The predicted molar refractivity (Wildman–Crippen MR) is 124 cm³/mol. The van der Waals surface area contributed by atoms with Crippen LogP contribution in [0.4, 0.5) is 0 Å². The first kappa shape index (κ1) is 18.7. The number of fused-ring (bicyclic) bond motifs is 4. The van der Waals surface area contributed by atoms with Crippen LogP contribution in [0.25, 0.3) is 44.3 Å². The van der Waals surface area contributed by atoms with E-state index >= 15 is 0 Å². The van der Waals surface area contributed by atoms with Crippen molar-refractivity contribution in [2.75, 3.05) is 6.61 Å². The van der Waals surface area contributed by atoms with Gasteiger partial charge in [0.15, 0.2) is 6.20 Å². The Morgan fingerprint density at radius 2 is 1.72 bits per heavy atom. The third kappa shape index (κ3) is 2.58. The van der Waals surface area contributed by atoms with Crippen molar-refractivity contribution in [3.63, 3.8) is 0 Å². The third-order valence-corrected chi connectivity index (χ3v) is 6.46. The smallest absolute Gasteiger partial charge is 0.216 e. The van der Waals surface area contributed by atoms with Crippen LogP contribution >= 0.6 is 0 Å². The summed E-state index contributed by atoms with van der Waals surface area (Å²) >= 11 is 0. The number of hydrogen-bond acceptors (Lipinski definition) is 3. The lowest BCUT2D eigenvalue weighted by molar-refractivity contribution is -0.660. The molecule has 0 amide bonds. The summed E-state index contributed by atoms with van der Waals surface area (Å²) in [4.78, 5) is 0. The number of nitriles is 1. The standard InChI is InChI=1S/C28H21N2O2/c1-17-9-11-21-22-12-10-18(16-29)26(20-6-5-8-24-19(20)13-15-31-24)28(22)32-27(21)25(17)23-7-3-4-14-30(23)2/h3-12,14H,13,15H2,1-2H3/q+1. The molecule has 2 aromatic heterocycles. The van der Waals surface area contributed by atoms with Gasteiger partial charge >= 0.3 is 0 Å². The summed E-state index contributed by atoms with van der Waals surface area (Å²) in [5, 5.41) is 12.0. The molecule has 3 aromatic carbocycles. The molecule has 6 rings (SSSR count). The summed E-state index contributed by atoms with van der Waals surface area (Å²) in [5.41, 5.74) is 8.54. The van der Waals surface area contributed by atoms with Gasteiger partial charge in [-0.1, -0.05) is 24.3 Å². The van der Waals surface area contributed by atoms with E-state index in [-0.39, 0.29) is 0 Å². The van der Waals surface area contributed by atoms with E-state index < -0.39 is 0 Å². The Morgan fingerprint density at radius 1 is 0.906 bits per heavy atom. The van der Waals surface area contributed by atoms with Crippen molar-refractivity contribution >= 4 is 21.9 Å². The van der Waals surface area contributed by atoms with Crippen LogP contribution in [0.3, 0.4) is 0 Å². The van der Waals surface area contributed by atoms with Crippen LogP contribution in [0.5, 0.6) is 5.75 Å². The Balaban J connectivity index is 1.75. The quantitative estimate of drug-likeness (QED) is 0.338. The number of ether oxygens (including phenoxy) is 1. The van der Waals surface area contributed by atoms with E-state index in [0.717, 1.165) is 67.6 Å². The fourth-order valence-electron chi connectivity index (χ4n) is 4.92. The average molecular weight is 417 g/mol. The monoisotopic (exact) mass is 417 g/mol. The number of aryl methyl sites for hydroxylation is 2. The summed E-state index contributed by atoms with van der Waals surface area (Å²) in [6.45, 7) is 2.77. The molecule has 32 heavy (non-hydrogen) atoms. The van der Waals surface area contributed by atoms with E-state index in [1.807, 2.05) is 49.6 Å². The molecule has 0 radical (unpaired) electrons. The van der Waals surface area contributed by atoms with Crippen molar-refractivity contribution in [2.45, 2.75) is 13.3 Å². The number of benzene rings is 3. The highest BCUT2D eigenvalue weighted by molar-refractivity contribution is 6.14. The van der Waals surface area contributed by atoms with Crippen molar-refractivity contribution in [1.29, 1.82) is 5.26 Å². The zero-order chi connectivity index (χ0) is 21.8. The first-order valence-corrected chi connectivity index (χ1v) is 10.8. The number of furan rings is 1. The maximum atomic E-state index is 9.95. The predicted octanol–water partition coefficient (Wildman–Crippen LogP) is 5.86. The minimum Gasteiger partial charge on any atom is -0.493 e. The van der Waals surface area contributed by atoms with Gasteiger partial charge in [-0.25, -0.2) is 4.57 Å². The summed E-state index contributed by atoms with van der Waals surface area (Å²) in [6.07, 6.45) is 2.87. The van der Waals surface area contributed by atoms with Crippen molar-refractivity contribution in [2.24, 2.45) is 7.05 Å². The average Bonchev–Trinajstić information content (AvgIpc) is 3.43. The fraction of sp³-hybridized carbons (Fsp3) is 0.143. The van der Waals surface area contributed by atoms with Gasteiger partial charge in [0.05, 0.1) is 23.8 Å². The zero-order valence-corrected chi connectivity index (χ0v) is 18.0. The van der Waals surface area contributed by atoms with Gasteiger partial charge in [0, 0.05) is 40.5 Å². The molecule has 0 atom stereocenters. The molecule has 0 aliphatic carbocycles. The van der Waals surface area contributed by atoms with Gasteiger partial charge in [0.25, 0.3) is 0 Å². The molecule has 0 saturated heterocycles. The minimum absolute atomic E-state index is 0.611. The molecule has 1 aliphatic heterocycles. The number of nitrogens with zero attached hydrogens (tertiary/aromatic N) is 2. The Bertz CT molecular complexity index is 1590. The van der Waals surface area contributed by atoms with Crippen LogP contribution in [0.15, 0.2) is 71.3 Å². The van der Waals surface area contributed by atoms with Gasteiger partial charge in [-0.05, 0) is 42.3 Å². The second kappa shape index (κ2) is 6.96. The summed E-state index contributed by atoms with van der Waals surface area (Å²) < 4.78 is 14.6. The van der Waals surface area contributed by atoms with Crippen molar-refractivity contribution in [1.82, 2.24) is 0 Å². The topological polar surface area (TPSA) is 50.0 Å². The van der Waals surface area contributed by atoms with E-state index in [2.05, 4.69) is 41.8 Å². The minimum atomic E-state index is 0.611. The van der Waals surface area contributed by atoms with Gasteiger partial charge in [0.1, 0.15) is 24.0 Å². The van der Waals surface area contributed by atoms with Gasteiger partial charge < -0.3 is 9.15 Å².